The van der Waals surface area contributed by atoms with E-state index in [1.165, 1.54) is 32.1 Å². The molecule has 21 heavy (non-hydrogen) atoms. The molecule has 0 saturated heterocycles. The first kappa shape index (κ1) is 14.9. The summed E-state index contributed by atoms with van der Waals surface area (Å²) >= 11 is 0. The van der Waals surface area contributed by atoms with Crippen LogP contribution in [0.1, 0.15) is 43.4 Å². The zero-order chi connectivity index (χ0) is 14.9. The first-order valence-electron chi connectivity index (χ1n) is 7.79. The van der Waals surface area contributed by atoms with Crippen LogP contribution < -0.4 is 0 Å². The van der Waals surface area contributed by atoms with Gasteiger partial charge in [-0.15, -0.1) is 0 Å². The second-order valence-electron chi connectivity index (χ2n) is 6.39. The van der Waals surface area contributed by atoms with Gasteiger partial charge in [0.2, 0.25) is 15.0 Å². The van der Waals surface area contributed by atoms with Gasteiger partial charge in [0.15, 0.2) is 0 Å². The highest BCUT2D eigenvalue weighted by Crippen LogP contribution is 2.26. The van der Waals surface area contributed by atoms with Crippen molar-refractivity contribution in [2.75, 3.05) is 19.3 Å². The largest absolute Gasteiger partial charge is 0.297 e. The second kappa shape index (κ2) is 6.01. The van der Waals surface area contributed by atoms with E-state index in [2.05, 4.69) is 14.9 Å². The molecule has 0 bridgehead atoms. The van der Waals surface area contributed by atoms with E-state index in [4.69, 9.17) is 0 Å². The quantitative estimate of drug-likeness (QED) is 0.797. The summed E-state index contributed by atoms with van der Waals surface area (Å²) in [6.07, 6.45) is 10.5. The molecule has 0 radical (unpaired) electrons. The number of aromatic nitrogens is 2. The molecule has 1 aromatic rings. The number of hydrogen-bond acceptors (Lipinski definition) is 5. The Hall–Kier alpha value is -1.01. The number of sulfone groups is 1. The molecule has 0 amide bonds. The van der Waals surface area contributed by atoms with Crippen molar-refractivity contribution in [3.63, 3.8) is 0 Å². The third kappa shape index (κ3) is 3.61. The van der Waals surface area contributed by atoms with Crippen LogP contribution >= 0.6 is 0 Å². The maximum absolute atomic E-state index is 11.6. The van der Waals surface area contributed by atoms with Crippen molar-refractivity contribution in [1.82, 2.24) is 14.9 Å². The van der Waals surface area contributed by atoms with Gasteiger partial charge in [0.05, 0.1) is 5.69 Å². The number of rotatable bonds is 3. The van der Waals surface area contributed by atoms with E-state index in [-0.39, 0.29) is 5.16 Å². The van der Waals surface area contributed by atoms with Gasteiger partial charge in [-0.2, -0.15) is 0 Å². The van der Waals surface area contributed by atoms with E-state index in [0.717, 1.165) is 49.5 Å². The van der Waals surface area contributed by atoms with Crippen LogP contribution in [0.15, 0.2) is 11.4 Å². The van der Waals surface area contributed by atoms with Gasteiger partial charge in [-0.1, -0.05) is 19.3 Å². The first-order chi connectivity index (χ1) is 10.0. The highest BCUT2D eigenvalue weighted by atomic mass is 32.2. The average Bonchev–Trinajstić information content (AvgIpc) is 2.46. The van der Waals surface area contributed by atoms with Crippen molar-refractivity contribution in [1.29, 1.82) is 0 Å². The fraction of sp³-hybridized carbons (Fsp3) is 0.733. The van der Waals surface area contributed by atoms with Crippen molar-refractivity contribution in [3.8, 4) is 0 Å². The summed E-state index contributed by atoms with van der Waals surface area (Å²) in [6, 6.07) is 0. The Kier molecular flexibility index (Phi) is 4.26. The molecule has 0 spiro atoms. The molecule has 1 fully saturated rings. The summed E-state index contributed by atoms with van der Waals surface area (Å²) in [6.45, 7) is 2.92. The molecule has 1 saturated carbocycles. The highest BCUT2D eigenvalue weighted by Gasteiger charge is 2.23. The van der Waals surface area contributed by atoms with Crippen LogP contribution in [0, 0.1) is 5.92 Å². The van der Waals surface area contributed by atoms with Gasteiger partial charge in [0.25, 0.3) is 0 Å². The smallest absolute Gasteiger partial charge is 0.247 e. The van der Waals surface area contributed by atoms with Crippen molar-refractivity contribution < 1.29 is 8.42 Å². The maximum Gasteiger partial charge on any atom is 0.247 e. The number of hydrogen-bond donors (Lipinski definition) is 0. The summed E-state index contributed by atoms with van der Waals surface area (Å²) in [7, 11) is -3.32. The van der Waals surface area contributed by atoms with Crippen LogP contribution in [0.4, 0.5) is 0 Å². The Bertz CT molecular complexity index is 609. The topological polar surface area (TPSA) is 63.2 Å². The summed E-state index contributed by atoms with van der Waals surface area (Å²) < 4.78 is 23.2. The van der Waals surface area contributed by atoms with Gasteiger partial charge >= 0.3 is 0 Å². The van der Waals surface area contributed by atoms with E-state index in [0.29, 0.717) is 0 Å². The van der Waals surface area contributed by atoms with Gasteiger partial charge in [-0.3, -0.25) is 4.90 Å². The van der Waals surface area contributed by atoms with E-state index in [1.54, 1.807) is 6.20 Å². The van der Waals surface area contributed by atoms with Gasteiger partial charge in [0, 0.05) is 32.1 Å². The Labute approximate surface area is 126 Å². The molecule has 0 unspecified atom stereocenters. The standard InChI is InChI=1S/C15H23N3O2S/c1-21(19,20)15-16-9-13-7-8-18(11-14(13)17-15)10-12-5-3-2-4-6-12/h9,12H,2-8,10-11H2,1H3. The van der Waals surface area contributed by atoms with E-state index in [1.807, 2.05) is 0 Å². The molecule has 5 nitrogen and oxygen atoms in total. The Morgan fingerprint density at radius 1 is 1.29 bits per heavy atom. The molecule has 1 aliphatic carbocycles. The normalized spacial score (nSPS) is 21.2. The molecule has 0 atom stereocenters. The zero-order valence-corrected chi connectivity index (χ0v) is 13.4. The van der Waals surface area contributed by atoms with Crippen LogP contribution in [-0.2, 0) is 22.8 Å². The third-order valence-corrected chi connectivity index (χ3v) is 5.44. The zero-order valence-electron chi connectivity index (χ0n) is 12.6. The van der Waals surface area contributed by atoms with E-state index < -0.39 is 9.84 Å². The predicted octanol–water partition coefficient (Wildman–Crippen LogP) is 1.82. The molecule has 0 N–H and O–H groups in total. The SMILES string of the molecule is CS(=O)(=O)c1ncc2c(n1)CN(CC1CCCCC1)CC2. The Morgan fingerprint density at radius 3 is 2.76 bits per heavy atom. The molecular formula is C15H23N3O2S. The fourth-order valence-electron chi connectivity index (χ4n) is 3.41. The van der Waals surface area contributed by atoms with Crippen LogP contribution in [0.25, 0.3) is 0 Å². The number of nitrogens with zero attached hydrogens (tertiary/aromatic N) is 3. The molecule has 2 aliphatic rings. The van der Waals surface area contributed by atoms with Crippen LogP contribution in [0.3, 0.4) is 0 Å². The Balaban J connectivity index is 1.71. The monoisotopic (exact) mass is 309 g/mol. The lowest BCUT2D eigenvalue weighted by atomic mass is 9.88. The molecule has 2 heterocycles. The lowest BCUT2D eigenvalue weighted by molar-refractivity contribution is 0.184. The van der Waals surface area contributed by atoms with Crippen LogP contribution in [0.5, 0.6) is 0 Å². The molecule has 6 heteroatoms. The van der Waals surface area contributed by atoms with E-state index in [9.17, 15) is 8.42 Å². The van der Waals surface area contributed by atoms with Crippen LogP contribution in [0.2, 0.25) is 0 Å². The minimum atomic E-state index is -3.32. The summed E-state index contributed by atoms with van der Waals surface area (Å²) in [5.74, 6) is 0.802. The summed E-state index contributed by atoms with van der Waals surface area (Å²) in [5.41, 5.74) is 2.00. The highest BCUT2D eigenvalue weighted by molar-refractivity contribution is 7.90. The van der Waals surface area contributed by atoms with Crippen molar-refractivity contribution >= 4 is 9.84 Å². The van der Waals surface area contributed by atoms with Crippen molar-refractivity contribution in [2.45, 2.75) is 50.2 Å². The average molecular weight is 309 g/mol. The maximum atomic E-state index is 11.6. The third-order valence-electron chi connectivity index (χ3n) is 4.58. The van der Waals surface area contributed by atoms with Gasteiger partial charge in [-0.25, -0.2) is 18.4 Å². The van der Waals surface area contributed by atoms with E-state index >= 15 is 0 Å². The molecule has 1 aliphatic heterocycles. The van der Waals surface area contributed by atoms with Gasteiger partial charge in [-0.05, 0) is 30.7 Å². The molecule has 116 valence electrons. The van der Waals surface area contributed by atoms with Crippen LogP contribution in [-0.4, -0.2) is 42.6 Å². The molecule has 1 aromatic heterocycles. The van der Waals surface area contributed by atoms with Gasteiger partial charge < -0.3 is 0 Å². The second-order valence-corrected chi connectivity index (χ2v) is 8.30. The molecular weight excluding hydrogens is 286 g/mol. The fourth-order valence-corrected chi connectivity index (χ4v) is 3.93. The minimum absolute atomic E-state index is 0.0410. The first-order valence-corrected chi connectivity index (χ1v) is 9.69. The summed E-state index contributed by atoms with van der Waals surface area (Å²) in [5, 5.41) is -0.0410. The van der Waals surface area contributed by atoms with Gasteiger partial charge in [0.1, 0.15) is 0 Å². The van der Waals surface area contributed by atoms with Crippen molar-refractivity contribution in [2.24, 2.45) is 5.92 Å². The number of fused-ring (bicyclic) bond motifs is 1. The summed E-state index contributed by atoms with van der Waals surface area (Å²) in [4.78, 5) is 10.7. The molecule has 0 aromatic carbocycles. The minimum Gasteiger partial charge on any atom is -0.297 e. The molecule has 3 rings (SSSR count). The predicted molar refractivity (Wildman–Crippen MR) is 80.7 cm³/mol. The lowest BCUT2D eigenvalue weighted by Crippen LogP contribution is -2.36. The Morgan fingerprint density at radius 2 is 2.05 bits per heavy atom. The lowest BCUT2D eigenvalue weighted by Gasteiger charge is -2.32. The van der Waals surface area contributed by atoms with Crippen molar-refractivity contribution in [3.05, 3.63) is 17.5 Å².